The van der Waals surface area contributed by atoms with Crippen molar-refractivity contribution in [2.75, 3.05) is 13.2 Å². The van der Waals surface area contributed by atoms with Gasteiger partial charge in [-0.15, -0.1) is 13.2 Å². The molecular formula is C12H14F3NO3. The van der Waals surface area contributed by atoms with E-state index in [1.54, 1.807) is 18.2 Å². The Kier molecular flexibility index (Phi) is 5.31. The average molecular weight is 277 g/mol. The van der Waals surface area contributed by atoms with Gasteiger partial charge in [0.05, 0.1) is 13.2 Å². The second-order valence-electron chi connectivity index (χ2n) is 3.91. The Hall–Kier alpha value is -1.60. The summed E-state index contributed by atoms with van der Waals surface area (Å²) in [4.78, 5) is 11.2. The summed E-state index contributed by atoms with van der Waals surface area (Å²) in [5.74, 6) is -1.32. The van der Waals surface area contributed by atoms with Gasteiger partial charge in [-0.3, -0.25) is 9.53 Å². The highest BCUT2D eigenvalue weighted by Crippen LogP contribution is 2.25. The topological polar surface area (TPSA) is 72.6 Å². The molecule has 0 bridgehead atoms. The fraction of sp³-hybridized carbons (Fsp3) is 0.417. The summed E-state index contributed by atoms with van der Waals surface area (Å²) in [6.45, 7) is -0.993. The van der Waals surface area contributed by atoms with Crippen LogP contribution in [0.25, 0.3) is 0 Å². The molecule has 0 fully saturated rings. The monoisotopic (exact) mass is 277 g/mol. The minimum absolute atomic E-state index is 0.0691. The van der Waals surface area contributed by atoms with Gasteiger partial charge in [-0.25, -0.2) is 0 Å². The van der Waals surface area contributed by atoms with Crippen molar-refractivity contribution in [2.24, 2.45) is 5.73 Å². The van der Waals surface area contributed by atoms with Crippen molar-refractivity contribution >= 4 is 5.91 Å². The molecule has 0 saturated carbocycles. The Labute approximate surface area is 108 Å². The van der Waals surface area contributed by atoms with Crippen LogP contribution in [0, 0.1) is 0 Å². The Balaban J connectivity index is 2.77. The predicted molar refractivity (Wildman–Crippen MR) is 61.4 cm³/mol. The van der Waals surface area contributed by atoms with Crippen molar-refractivity contribution in [3.05, 3.63) is 35.4 Å². The molecule has 0 unspecified atom stereocenters. The van der Waals surface area contributed by atoms with E-state index in [2.05, 4.69) is 4.74 Å². The lowest BCUT2D eigenvalue weighted by molar-refractivity contribution is -0.325. The molecule has 0 aliphatic rings. The van der Waals surface area contributed by atoms with Gasteiger partial charge < -0.3 is 10.8 Å². The zero-order valence-electron chi connectivity index (χ0n) is 9.98. The number of benzene rings is 1. The number of carbonyl (C=O) groups is 1. The molecule has 1 atom stereocenters. The molecule has 0 aromatic heterocycles. The Morgan fingerprint density at radius 2 is 2.00 bits per heavy atom. The molecule has 1 rings (SSSR count). The number of alkyl halides is 3. The standard InChI is InChI=1S/C12H14F3NO3/c13-12(14,15)19-6-5-8(7-17)9-3-1-2-4-10(9)11(16)18/h1-4,8,17H,5-7H2,(H2,16,18)/t8-/m1/s1. The van der Waals surface area contributed by atoms with E-state index in [0.717, 1.165) is 0 Å². The molecule has 1 aromatic rings. The van der Waals surface area contributed by atoms with Gasteiger partial charge in [0.15, 0.2) is 0 Å². The molecule has 3 N–H and O–H groups in total. The van der Waals surface area contributed by atoms with Crippen LogP contribution < -0.4 is 5.73 Å². The quantitative estimate of drug-likeness (QED) is 0.832. The summed E-state index contributed by atoms with van der Waals surface area (Å²) in [5, 5.41) is 9.23. The third-order valence-corrected chi connectivity index (χ3v) is 2.62. The molecular weight excluding hydrogens is 263 g/mol. The van der Waals surface area contributed by atoms with Gasteiger partial charge in [0, 0.05) is 11.5 Å². The second-order valence-corrected chi connectivity index (χ2v) is 3.91. The smallest absolute Gasteiger partial charge is 0.396 e. The number of hydrogen-bond donors (Lipinski definition) is 2. The maximum absolute atomic E-state index is 11.9. The molecule has 4 nitrogen and oxygen atoms in total. The largest absolute Gasteiger partial charge is 0.522 e. The van der Waals surface area contributed by atoms with Crippen molar-refractivity contribution in [1.29, 1.82) is 0 Å². The summed E-state index contributed by atoms with van der Waals surface area (Å²) in [5.41, 5.74) is 5.78. The van der Waals surface area contributed by atoms with Crippen LogP contribution in [0.15, 0.2) is 24.3 Å². The van der Waals surface area contributed by atoms with E-state index in [-0.39, 0.29) is 12.0 Å². The van der Waals surface area contributed by atoms with E-state index < -0.39 is 31.4 Å². The van der Waals surface area contributed by atoms with Crippen LogP contribution in [-0.4, -0.2) is 30.6 Å². The molecule has 7 heteroatoms. The number of rotatable bonds is 6. The van der Waals surface area contributed by atoms with E-state index in [0.29, 0.717) is 5.56 Å². The number of aliphatic hydroxyl groups is 1. The van der Waals surface area contributed by atoms with Crippen LogP contribution in [0.3, 0.4) is 0 Å². The number of primary amides is 1. The van der Waals surface area contributed by atoms with Crippen LogP contribution in [0.5, 0.6) is 0 Å². The van der Waals surface area contributed by atoms with Crippen molar-refractivity contribution in [1.82, 2.24) is 0 Å². The van der Waals surface area contributed by atoms with E-state index in [1.807, 2.05) is 0 Å². The van der Waals surface area contributed by atoms with Gasteiger partial charge in [0.1, 0.15) is 0 Å². The van der Waals surface area contributed by atoms with E-state index in [1.165, 1.54) is 6.07 Å². The first-order valence-corrected chi connectivity index (χ1v) is 5.55. The zero-order valence-corrected chi connectivity index (χ0v) is 9.98. The highest BCUT2D eigenvalue weighted by Gasteiger charge is 2.29. The number of carbonyl (C=O) groups excluding carboxylic acids is 1. The van der Waals surface area contributed by atoms with Gasteiger partial charge in [0.2, 0.25) is 5.91 Å². The van der Waals surface area contributed by atoms with Gasteiger partial charge in [-0.2, -0.15) is 0 Å². The number of aliphatic hydroxyl groups excluding tert-OH is 1. The minimum Gasteiger partial charge on any atom is -0.396 e. The van der Waals surface area contributed by atoms with Crippen LogP contribution in [0.2, 0.25) is 0 Å². The number of hydrogen-bond acceptors (Lipinski definition) is 3. The first-order valence-electron chi connectivity index (χ1n) is 5.55. The lowest BCUT2D eigenvalue weighted by Gasteiger charge is -2.17. The van der Waals surface area contributed by atoms with Crippen molar-refractivity contribution in [2.45, 2.75) is 18.7 Å². The fourth-order valence-corrected chi connectivity index (χ4v) is 1.74. The van der Waals surface area contributed by atoms with E-state index in [9.17, 15) is 23.1 Å². The summed E-state index contributed by atoms with van der Waals surface area (Å²) >= 11 is 0. The van der Waals surface area contributed by atoms with Crippen LogP contribution in [0.1, 0.15) is 28.3 Å². The Morgan fingerprint density at radius 3 is 2.53 bits per heavy atom. The number of ether oxygens (including phenoxy) is 1. The molecule has 0 aliphatic carbocycles. The zero-order chi connectivity index (χ0) is 14.5. The summed E-state index contributed by atoms with van der Waals surface area (Å²) in [6, 6.07) is 6.22. The van der Waals surface area contributed by atoms with E-state index >= 15 is 0 Å². The highest BCUT2D eigenvalue weighted by atomic mass is 19.4. The first-order chi connectivity index (χ1) is 8.85. The lowest BCUT2D eigenvalue weighted by Crippen LogP contribution is -2.20. The van der Waals surface area contributed by atoms with Gasteiger partial charge in [0.25, 0.3) is 0 Å². The van der Waals surface area contributed by atoms with Crippen molar-refractivity contribution < 1.29 is 27.8 Å². The molecule has 0 spiro atoms. The number of amides is 1. The fourth-order valence-electron chi connectivity index (χ4n) is 1.74. The van der Waals surface area contributed by atoms with Crippen molar-refractivity contribution in [3.8, 4) is 0 Å². The number of halogens is 3. The minimum atomic E-state index is -4.71. The highest BCUT2D eigenvalue weighted by molar-refractivity contribution is 5.94. The molecule has 106 valence electrons. The van der Waals surface area contributed by atoms with Crippen LogP contribution in [-0.2, 0) is 4.74 Å². The van der Waals surface area contributed by atoms with Crippen LogP contribution in [0.4, 0.5) is 13.2 Å². The second kappa shape index (κ2) is 6.53. The predicted octanol–water partition coefficient (Wildman–Crippen LogP) is 1.79. The summed E-state index contributed by atoms with van der Waals surface area (Å²) in [7, 11) is 0. The molecule has 1 aromatic carbocycles. The van der Waals surface area contributed by atoms with E-state index in [4.69, 9.17) is 5.73 Å². The molecule has 19 heavy (non-hydrogen) atoms. The maximum atomic E-state index is 11.9. The first kappa shape index (κ1) is 15.5. The Morgan fingerprint density at radius 1 is 1.37 bits per heavy atom. The van der Waals surface area contributed by atoms with Gasteiger partial charge in [-0.05, 0) is 18.1 Å². The summed E-state index contributed by atoms with van der Waals surface area (Å²) in [6.07, 6.45) is -4.77. The lowest BCUT2D eigenvalue weighted by atomic mass is 9.92. The SMILES string of the molecule is NC(=O)c1ccccc1[C@@H](CO)CCOC(F)(F)F. The molecule has 0 heterocycles. The van der Waals surface area contributed by atoms with Gasteiger partial charge in [-0.1, -0.05) is 18.2 Å². The normalized spacial score (nSPS) is 13.3. The van der Waals surface area contributed by atoms with Crippen LogP contribution >= 0.6 is 0 Å². The molecule has 0 saturated heterocycles. The Bertz CT molecular complexity index is 434. The van der Waals surface area contributed by atoms with Gasteiger partial charge >= 0.3 is 6.36 Å². The average Bonchev–Trinajstić information content (AvgIpc) is 2.33. The maximum Gasteiger partial charge on any atom is 0.522 e. The third-order valence-electron chi connectivity index (χ3n) is 2.62. The summed E-state index contributed by atoms with van der Waals surface area (Å²) < 4.78 is 39.2. The third kappa shape index (κ3) is 4.88. The molecule has 0 radical (unpaired) electrons. The molecule has 1 amide bonds. The number of nitrogens with two attached hydrogens (primary N) is 1. The molecule has 0 aliphatic heterocycles. The van der Waals surface area contributed by atoms with Crippen molar-refractivity contribution in [3.63, 3.8) is 0 Å².